The number of nitro benzene ring substituents is 1. The summed E-state index contributed by atoms with van der Waals surface area (Å²) < 4.78 is 0. The molecule has 6 heteroatoms. The number of benzene rings is 1. The van der Waals surface area contributed by atoms with Crippen LogP contribution >= 0.6 is 0 Å². The molecule has 0 radical (unpaired) electrons. The van der Waals surface area contributed by atoms with E-state index in [1.54, 1.807) is 6.07 Å². The summed E-state index contributed by atoms with van der Waals surface area (Å²) in [7, 11) is 0. The van der Waals surface area contributed by atoms with Crippen molar-refractivity contribution < 1.29 is 9.72 Å². The lowest BCUT2D eigenvalue weighted by Gasteiger charge is -2.21. The van der Waals surface area contributed by atoms with Crippen molar-refractivity contribution in [2.24, 2.45) is 0 Å². The molecule has 1 heterocycles. The van der Waals surface area contributed by atoms with Crippen molar-refractivity contribution in [2.75, 3.05) is 13.1 Å². The first-order chi connectivity index (χ1) is 9.58. The van der Waals surface area contributed by atoms with Crippen LogP contribution in [-0.2, 0) is 11.3 Å². The van der Waals surface area contributed by atoms with E-state index < -0.39 is 4.92 Å². The maximum Gasteiger partial charge on any atom is 0.269 e. The Labute approximate surface area is 117 Å². The molecule has 1 atom stereocenters. The molecular weight excluding hydrogens is 258 g/mol. The molecule has 0 spiro atoms. The van der Waals surface area contributed by atoms with Crippen LogP contribution in [0.5, 0.6) is 0 Å². The van der Waals surface area contributed by atoms with Crippen molar-refractivity contribution in [3.05, 3.63) is 39.9 Å². The van der Waals surface area contributed by atoms with Crippen molar-refractivity contribution in [2.45, 2.75) is 32.4 Å². The number of nitro groups is 1. The van der Waals surface area contributed by atoms with Crippen molar-refractivity contribution >= 4 is 11.6 Å². The summed E-state index contributed by atoms with van der Waals surface area (Å²) >= 11 is 0. The monoisotopic (exact) mass is 277 g/mol. The van der Waals surface area contributed by atoms with Crippen LogP contribution in [0.25, 0.3) is 0 Å². The molecule has 0 aliphatic carbocycles. The third kappa shape index (κ3) is 3.54. The topological polar surface area (TPSA) is 75.5 Å². The molecule has 1 aliphatic heterocycles. The lowest BCUT2D eigenvalue weighted by Crippen LogP contribution is -2.43. The van der Waals surface area contributed by atoms with Gasteiger partial charge in [-0.25, -0.2) is 0 Å². The summed E-state index contributed by atoms with van der Waals surface area (Å²) in [6, 6.07) is 6.18. The number of non-ortho nitro benzene ring substituents is 1. The first-order valence-corrected chi connectivity index (χ1v) is 6.83. The molecule has 1 aromatic rings. The Kier molecular flexibility index (Phi) is 4.68. The van der Waals surface area contributed by atoms with Crippen LogP contribution in [0.3, 0.4) is 0 Å². The second-order valence-electron chi connectivity index (χ2n) is 5.06. The van der Waals surface area contributed by atoms with E-state index in [0.29, 0.717) is 6.54 Å². The van der Waals surface area contributed by atoms with E-state index in [1.165, 1.54) is 12.1 Å². The third-order valence-corrected chi connectivity index (χ3v) is 3.52. The molecule has 1 aromatic carbocycles. The van der Waals surface area contributed by atoms with Gasteiger partial charge in [-0.15, -0.1) is 0 Å². The van der Waals surface area contributed by atoms with Crippen LogP contribution in [0.4, 0.5) is 5.69 Å². The van der Waals surface area contributed by atoms with Crippen molar-refractivity contribution in [1.82, 2.24) is 10.2 Å². The predicted octanol–water partition coefficient (Wildman–Crippen LogP) is 1.70. The van der Waals surface area contributed by atoms with Crippen LogP contribution in [0.1, 0.15) is 25.3 Å². The molecular formula is C14H19N3O3. The third-order valence-electron chi connectivity index (χ3n) is 3.52. The van der Waals surface area contributed by atoms with Gasteiger partial charge in [0.05, 0.1) is 11.0 Å². The first-order valence-electron chi connectivity index (χ1n) is 6.83. The lowest BCUT2D eigenvalue weighted by atomic mass is 10.2. The quantitative estimate of drug-likeness (QED) is 0.656. The number of amides is 1. The van der Waals surface area contributed by atoms with Gasteiger partial charge in [-0.1, -0.05) is 12.1 Å². The van der Waals surface area contributed by atoms with Gasteiger partial charge in [0.25, 0.3) is 5.69 Å². The summed E-state index contributed by atoms with van der Waals surface area (Å²) in [5.41, 5.74) is 0.878. The Hall–Kier alpha value is -1.95. The molecule has 1 unspecified atom stereocenters. The number of nitrogens with one attached hydrogen (secondary N) is 1. The number of likely N-dealkylation sites (tertiary alicyclic amines) is 1. The normalized spacial score (nSPS) is 16.1. The van der Waals surface area contributed by atoms with E-state index in [4.69, 9.17) is 0 Å². The number of carbonyl (C=O) groups is 1. The molecule has 0 aromatic heterocycles. The van der Waals surface area contributed by atoms with Crippen molar-refractivity contribution in [3.8, 4) is 0 Å². The molecule has 1 fully saturated rings. The fourth-order valence-corrected chi connectivity index (χ4v) is 2.35. The minimum atomic E-state index is -0.414. The minimum absolute atomic E-state index is 0.0721. The van der Waals surface area contributed by atoms with Gasteiger partial charge in [0.15, 0.2) is 0 Å². The standard InChI is InChI=1S/C14H19N3O3/c1-11(14(18)16-7-2-3-8-16)15-10-12-5-4-6-13(9-12)17(19)20/h4-6,9,11,15H,2-3,7-8,10H2,1H3. The highest BCUT2D eigenvalue weighted by Crippen LogP contribution is 2.13. The molecule has 20 heavy (non-hydrogen) atoms. The number of hydrogen-bond donors (Lipinski definition) is 1. The summed E-state index contributed by atoms with van der Waals surface area (Å²) in [5, 5.41) is 13.8. The predicted molar refractivity (Wildman–Crippen MR) is 75.2 cm³/mol. The summed E-state index contributed by atoms with van der Waals surface area (Å²) in [4.78, 5) is 24.2. The van der Waals surface area contributed by atoms with E-state index in [9.17, 15) is 14.9 Å². The zero-order valence-corrected chi connectivity index (χ0v) is 11.5. The fourth-order valence-electron chi connectivity index (χ4n) is 2.35. The largest absolute Gasteiger partial charge is 0.341 e. The summed E-state index contributed by atoms with van der Waals surface area (Å²) in [5.74, 6) is 0.105. The zero-order valence-electron chi connectivity index (χ0n) is 11.5. The molecule has 0 bridgehead atoms. The van der Waals surface area contributed by atoms with Crippen molar-refractivity contribution in [1.29, 1.82) is 0 Å². The molecule has 0 saturated carbocycles. The van der Waals surface area contributed by atoms with Crippen LogP contribution < -0.4 is 5.32 Å². The highest BCUT2D eigenvalue weighted by atomic mass is 16.6. The van der Waals surface area contributed by atoms with Gasteiger partial charge in [-0.3, -0.25) is 14.9 Å². The van der Waals surface area contributed by atoms with Gasteiger partial charge in [-0.2, -0.15) is 0 Å². The number of carbonyl (C=O) groups excluding carboxylic acids is 1. The van der Waals surface area contributed by atoms with Gasteiger partial charge in [0, 0.05) is 31.8 Å². The second kappa shape index (κ2) is 6.47. The minimum Gasteiger partial charge on any atom is -0.341 e. The maximum atomic E-state index is 12.1. The average molecular weight is 277 g/mol. The Morgan fingerprint density at radius 3 is 2.80 bits per heavy atom. The fraction of sp³-hybridized carbons (Fsp3) is 0.500. The highest BCUT2D eigenvalue weighted by Gasteiger charge is 2.22. The molecule has 1 amide bonds. The van der Waals surface area contributed by atoms with Crippen LogP contribution in [0.2, 0.25) is 0 Å². The Morgan fingerprint density at radius 1 is 1.45 bits per heavy atom. The van der Waals surface area contributed by atoms with Crippen LogP contribution in [0.15, 0.2) is 24.3 Å². The summed E-state index contributed by atoms with van der Waals surface area (Å²) in [6.07, 6.45) is 2.15. The highest BCUT2D eigenvalue weighted by molar-refractivity contribution is 5.81. The van der Waals surface area contributed by atoms with E-state index >= 15 is 0 Å². The van der Waals surface area contributed by atoms with Gasteiger partial charge in [-0.05, 0) is 25.3 Å². The van der Waals surface area contributed by atoms with Gasteiger partial charge in [0.1, 0.15) is 0 Å². The second-order valence-corrected chi connectivity index (χ2v) is 5.06. The molecule has 1 saturated heterocycles. The van der Waals surface area contributed by atoms with Crippen LogP contribution in [0, 0.1) is 10.1 Å². The number of rotatable bonds is 5. The smallest absolute Gasteiger partial charge is 0.269 e. The Balaban J connectivity index is 1.89. The molecule has 1 N–H and O–H groups in total. The van der Waals surface area contributed by atoms with Gasteiger partial charge >= 0.3 is 0 Å². The van der Waals surface area contributed by atoms with Crippen LogP contribution in [-0.4, -0.2) is 34.9 Å². The Bertz CT molecular complexity index is 498. The SMILES string of the molecule is CC(NCc1cccc([N+](=O)[O-])c1)C(=O)N1CCCC1. The number of hydrogen-bond acceptors (Lipinski definition) is 4. The van der Waals surface area contributed by atoms with E-state index in [0.717, 1.165) is 31.5 Å². The van der Waals surface area contributed by atoms with E-state index in [1.807, 2.05) is 17.9 Å². The molecule has 1 aliphatic rings. The molecule has 6 nitrogen and oxygen atoms in total. The van der Waals surface area contributed by atoms with Gasteiger partial charge < -0.3 is 10.2 Å². The molecule has 108 valence electrons. The Morgan fingerprint density at radius 2 is 2.15 bits per heavy atom. The maximum absolute atomic E-state index is 12.1. The number of nitrogens with zero attached hydrogens (tertiary/aromatic N) is 2. The van der Waals surface area contributed by atoms with E-state index in [2.05, 4.69) is 5.32 Å². The van der Waals surface area contributed by atoms with E-state index in [-0.39, 0.29) is 17.6 Å². The molecule has 2 rings (SSSR count). The van der Waals surface area contributed by atoms with Gasteiger partial charge in [0.2, 0.25) is 5.91 Å². The lowest BCUT2D eigenvalue weighted by molar-refractivity contribution is -0.384. The van der Waals surface area contributed by atoms with Crippen molar-refractivity contribution in [3.63, 3.8) is 0 Å². The zero-order chi connectivity index (χ0) is 14.5. The first kappa shape index (κ1) is 14.5. The average Bonchev–Trinajstić information content (AvgIpc) is 2.98. The summed E-state index contributed by atoms with van der Waals surface area (Å²) in [6.45, 7) is 3.95.